The van der Waals surface area contributed by atoms with Crippen LogP contribution in [-0.2, 0) is 0 Å². The molecule has 0 heterocycles. The highest BCUT2D eigenvalue weighted by atomic mass is 15.1. The third-order valence-corrected chi connectivity index (χ3v) is 3.60. The molecule has 20 heavy (non-hydrogen) atoms. The van der Waals surface area contributed by atoms with Crippen molar-refractivity contribution in [1.82, 2.24) is 0 Å². The standard InChI is InChI=1S/C17H21N3/c1-11-5-8-16(13(3)9-11)20(4)14-6-7-15(17(18)19)12(2)10-14/h5-10H,1-4H3,(H3,18,19). The number of rotatable bonds is 3. The Morgan fingerprint density at radius 3 is 2.25 bits per heavy atom. The van der Waals surface area contributed by atoms with Crippen molar-refractivity contribution in [3.63, 3.8) is 0 Å². The van der Waals surface area contributed by atoms with E-state index in [9.17, 15) is 0 Å². The highest BCUT2D eigenvalue weighted by molar-refractivity contribution is 5.96. The minimum Gasteiger partial charge on any atom is -0.384 e. The van der Waals surface area contributed by atoms with Crippen LogP contribution in [0, 0.1) is 26.2 Å². The molecular weight excluding hydrogens is 246 g/mol. The molecular formula is C17H21N3. The van der Waals surface area contributed by atoms with Crippen molar-refractivity contribution < 1.29 is 0 Å². The van der Waals surface area contributed by atoms with Crippen LogP contribution in [0.2, 0.25) is 0 Å². The van der Waals surface area contributed by atoms with E-state index in [1.807, 2.05) is 19.1 Å². The first-order valence-electron chi connectivity index (χ1n) is 6.66. The Morgan fingerprint density at radius 1 is 1.00 bits per heavy atom. The smallest absolute Gasteiger partial charge is 0.123 e. The van der Waals surface area contributed by atoms with Crippen LogP contribution in [0.25, 0.3) is 0 Å². The summed E-state index contributed by atoms with van der Waals surface area (Å²) in [5, 5.41) is 7.54. The van der Waals surface area contributed by atoms with Crippen molar-refractivity contribution >= 4 is 17.2 Å². The zero-order chi connectivity index (χ0) is 14.9. The van der Waals surface area contributed by atoms with Crippen LogP contribution in [0.4, 0.5) is 11.4 Å². The molecule has 104 valence electrons. The van der Waals surface area contributed by atoms with Gasteiger partial charge in [-0.15, -0.1) is 0 Å². The van der Waals surface area contributed by atoms with Gasteiger partial charge in [-0.1, -0.05) is 17.7 Å². The van der Waals surface area contributed by atoms with E-state index in [0.717, 1.165) is 16.8 Å². The highest BCUT2D eigenvalue weighted by Crippen LogP contribution is 2.28. The quantitative estimate of drug-likeness (QED) is 0.658. The van der Waals surface area contributed by atoms with Crippen LogP contribution in [0.15, 0.2) is 36.4 Å². The van der Waals surface area contributed by atoms with Crippen molar-refractivity contribution in [3.05, 3.63) is 58.7 Å². The van der Waals surface area contributed by atoms with E-state index in [-0.39, 0.29) is 5.84 Å². The molecule has 0 aliphatic heterocycles. The summed E-state index contributed by atoms with van der Waals surface area (Å²) in [6.07, 6.45) is 0. The lowest BCUT2D eigenvalue weighted by molar-refractivity contribution is 1.17. The van der Waals surface area contributed by atoms with Gasteiger partial charge in [-0.3, -0.25) is 5.41 Å². The lowest BCUT2D eigenvalue weighted by Gasteiger charge is -2.23. The minimum atomic E-state index is 0.114. The molecule has 0 saturated heterocycles. The second-order valence-corrected chi connectivity index (χ2v) is 5.26. The van der Waals surface area contributed by atoms with Crippen molar-refractivity contribution in [2.24, 2.45) is 5.73 Å². The molecule has 3 nitrogen and oxygen atoms in total. The van der Waals surface area contributed by atoms with Crippen LogP contribution in [-0.4, -0.2) is 12.9 Å². The van der Waals surface area contributed by atoms with Gasteiger partial charge in [0.25, 0.3) is 0 Å². The molecule has 3 heteroatoms. The first kappa shape index (κ1) is 14.1. The fraction of sp³-hybridized carbons (Fsp3) is 0.235. The maximum absolute atomic E-state index is 7.54. The predicted molar refractivity (Wildman–Crippen MR) is 86.2 cm³/mol. The van der Waals surface area contributed by atoms with Gasteiger partial charge in [0.1, 0.15) is 5.84 Å². The van der Waals surface area contributed by atoms with E-state index in [1.165, 1.54) is 16.8 Å². The van der Waals surface area contributed by atoms with Gasteiger partial charge in [-0.25, -0.2) is 0 Å². The first-order chi connectivity index (χ1) is 9.40. The topological polar surface area (TPSA) is 53.1 Å². The minimum absolute atomic E-state index is 0.114. The molecule has 2 rings (SSSR count). The second kappa shape index (κ2) is 5.37. The van der Waals surface area contributed by atoms with Crippen molar-refractivity contribution in [2.75, 3.05) is 11.9 Å². The van der Waals surface area contributed by atoms with E-state index < -0.39 is 0 Å². The van der Waals surface area contributed by atoms with Crippen molar-refractivity contribution in [3.8, 4) is 0 Å². The number of hydrogen-bond acceptors (Lipinski definition) is 2. The summed E-state index contributed by atoms with van der Waals surface area (Å²) in [6, 6.07) is 12.4. The summed E-state index contributed by atoms with van der Waals surface area (Å²) in [5.41, 5.74) is 12.2. The number of nitrogens with two attached hydrogens (primary N) is 1. The summed E-state index contributed by atoms with van der Waals surface area (Å²) in [6.45, 7) is 6.20. The number of benzene rings is 2. The zero-order valence-electron chi connectivity index (χ0n) is 12.5. The van der Waals surface area contributed by atoms with Crippen LogP contribution in [0.3, 0.4) is 0 Å². The maximum atomic E-state index is 7.54. The molecule has 0 fully saturated rings. The molecule has 0 amide bonds. The molecule has 0 aliphatic rings. The molecule has 0 aromatic heterocycles. The average Bonchev–Trinajstić information content (AvgIpc) is 2.37. The van der Waals surface area contributed by atoms with Crippen LogP contribution < -0.4 is 10.6 Å². The normalized spacial score (nSPS) is 10.4. The molecule has 3 N–H and O–H groups in total. The predicted octanol–water partition coefficient (Wildman–Crippen LogP) is 3.66. The summed E-state index contributed by atoms with van der Waals surface area (Å²) in [4.78, 5) is 2.16. The third-order valence-electron chi connectivity index (χ3n) is 3.60. The molecule has 0 aliphatic carbocycles. The van der Waals surface area contributed by atoms with E-state index in [2.05, 4.69) is 50.1 Å². The Hall–Kier alpha value is -2.29. The third kappa shape index (κ3) is 2.67. The summed E-state index contributed by atoms with van der Waals surface area (Å²) < 4.78 is 0. The van der Waals surface area contributed by atoms with Gasteiger partial charge in [0.05, 0.1) is 0 Å². The number of hydrogen-bond donors (Lipinski definition) is 2. The Kier molecular flexibility index (Phi) is 3.79. The van der Waals surface area contributed by atoms with Gasteiger partial charge < -0.3 is 10.6 Å². The number of anilines is 2. The lowest BCUT2D eigenvalue weighted by Crippen LogP contribution is -2.15. The van der Waals surface area contributed by atoms with Gasteiger partial charge >= 0.3 is 0 Å². The molecule has 0 unspecified atom stereocenters. The number of nitrogens with one attached hydrogen (secondary N) is 1. The SMILES string of the molecule is Cc1ccc(N(C)c2ccc(C(=N)N)c(C)c2)c(C)c1. The molecule has 2 aromatic carbocycles. The van der Waals surface area contributed by atoms with Gasteiger partial charge in [-0.05, 0) is 56.2 Å². The van der Waals surface area contributed by atoms with Crippen LogP contribution >= 0.6 is 0 Å². The Labute approximate surface area is 120 Å². The number of nitrogens with zero attached hydrogens (tertiary/aromatic N) is 1. The summed E-state index contributed by atoms with van der Waals surface area (Å²) in [7, 11) is 2.06. The Balaban J connectivity index is 2.40. The molecule has 0 spiro atoms. The van der Waals surface area contributed by atoms with Gasteiger partial charge in [0, 0.05) is 24.0 Å². The van der Waals surface area contributed by atoms with Gasteiger partial charge in [0.2, 0.25) is 0 Å². The van der Waals surface area contributed by atoms with Crippen LogP contribution in [0.5, 0.6) is 0 Å². The number of nitrogen functional groups attached to an aromatic ring is 1. The molecule has 2 aromatic rings. The fourth-order valence-electron chi connectivity index (χ4n) is 2.48. The Morgan fingerprint density at radius 2 is 1.70 bits per heavy atom. The average molecular weight is 267 g/mol. The molecule has 0 saturated carbocycles. The van der Waals surface area contributed by atoms with E-state index in [0.29, 0.717) is 0 Å². The molecule has 0 bridgehead atoms. The number of aryl methyl sites for hydroxylation is 3. The second-order valence-electron chi connectivity index (χ2n) is 5.26. The van der Waals surface area contributed by atoms with Gasteiger partial charge in [0.15, 0.2) is 0 Å². The summed E-state index contributed by atoms with van der Waals surface area (Å²) >= 11 is 0. The fourth-order valence-corrected chi connectivity index (χ4v) is 2.48. The first-order valence-corrected chi connectivity index (χ1v) is 6.66. The van der Waals surface area contributed by atoms with E-state index in [4.69, 9.17) is 11.1 Å². The lowest BCUT2D eigenvalue weighted by atomic mass is 10.1. The summed E-state index contributed by atoms with van der Waals surface area (Å²) in [5.74, 6) is 0.114. The van der Waals surface area contributed by atoms with Crippen LogP contribution in [0.1, 0.15) is 22.3 Å². The number of amidine groups is 1. The monoisotopic (exact) mass is 267 g/mol. The van der Waals surface area contributed by atoms with Crippen molar-refractivity contribution in [1.29, 1.82) is 5.41 Å². The molecule has 0 radical (unpaired) electrons. The van der Waals surface area contributed by atoms with Crippen molar-refractivity contribution in [2.45, 2.75) is 20.8 Å². The highest BCUT2D eigenvalue weighted by Gasteiger charge is 2.09. The van der Waals surface area contributed by atoms with Gasteiger partial charge in [-0.2, -0.15) is 0 Å². The molecule has 0 atom stereocenters. The van der Waals surface area contributed by atoms with E-state index >= 15 is 0 Å². The largest absolute Gasteiger partial charge is 0.384 e. The zero-order valence-corrected chi connectivity index (χ0v) is 12.5. The Bertz CT molecular complexity index is 659. The maximum Gasteiger partial charge on any atom is 0.123 e. The van der Waals surface area contributed by atoms with E-state index in [1.54, 1.807) is 0 Å².